The topological polar surface area (TPSA) is 63.7 Å². The van der Waals surface area contributed by atoms with Gasteiger partial charge in [-0.2, -0.15) is 0 Å². The lowest BCUT2D eigenvalue weighted by Gasteiger charge is -2.26. The minimum atomic E-state index is -3.03. The molecule has 1 atom stereocenters. The molecule has 1 amide bonds. The summed E-state index contributed by atoms with van der Waals surface area (Å²) in [6.45, 7) is 2.79. The van der Waals surface area contributed by atoms with E-state index in [-0.39, 0.29) is 23.5 Å². The molecule has 0 spiro atoms. The van der Waals surface area contributed by atoms with Gasteiger partial charge in [0.1, 0.15) is 0 Å². The zero-order valence-corrected chi connectivity index (χ0v) is 14.4. The molecule has 0 aliphatic carbocycles. The van der Waals surface area contributed by atoms with E-state index in [9.17, 15) is 13.2 Å². The number of sulfone groups is 1. The molecule has 1 aliphatic rings. The maximum absolute atomic E-state index is 12.5. The van der Waals surface area contributed by atoms with E-state index < -0.39 is 9.84 Å². The van der Waals surface area contributed by atoms with Crippen LogP contribution in [0.3, 0.4) is 0 Å². The Labute approximate surface area is 137 Å². The summed E-state index contributed by atoms with van der Waals surface area (Å²) in [5, 5.41) is 0. The zero-order valence-electron chi connectivity index (χ0n) is 13.6. The van der Waals surface area contributed by atoms with Crippen LogP contribution in [0.25, 0.3) is 6.08 Å². The fourth-order valence-corrected chi connectivity index (χ4v) is 4.36. The SMILES string of the molecule is COCCN(C(=O)/C=C/c1ccc(C)cc1)C1CCS(=O)(=O)C1. The predicted octanol–water partition coefficient (Wildman–Crippen LogP) is 1.67. The summed E-state index contributed by atoms with van der Waals surface area (Å²) in [4.78, 5) is 14.1. The Kier molecular flexibility index (Phi) is 5.96. The lowest BCUT2D eigenvalue weighted by atomic mass is 10.1. The molecule has 1 fully saturated rings. The van der Waals surface area contributed by atoms with Crippen molar-refractivity contribution >= 4 is 21.8 Å². The molecule has 1 heterocycles. The number of rotatable bonds is 6. The molecule has 1 aliphatic heterocycles. The summed E-state index contributed by atoms with van der Waals surface area (Å²) in [5.41, 5.74) is 2.10. The van der Waals surface area contributed by atoms with Gasteiger partial charge >= 0.3 is 0 Å². The van der Waals surface area contributed by atoms with Crippen molar-refractivity contribution in [1.29, 1.82) is 0 Å². The summed E-state index contributed by atoms with van der Waals surface area (Å²) in [6, 6.07) is 7.59. The second-order valence-corrected chi connectivity index (χ2v) is 8.05. The van der Waals surface area contributed by atoms with Gasteiger partial charge in [-0.1, -0.05) is 29.8 Å². The Morgan fingerprint density at radius 3 is 2.61 bits per heavy atom. The molecule has 0 N–H and O–H groups in total. The van der Waals surface area contributed by atoms with Gasteiger partial charge in [0, 0.05) is 25.8 Å². The summed E-state index contributed by atoms with van der Waals surface area (Å²) >= 11 is 0. The quantitative estimate of drug-likeness (QED) is 0.741. The molecule has 5 nitrogen and oxygen atoms in total. The number of carbonyl (C=O) groups excluding carboxylic acids is 1. The molecule has 0 saturated carbocycles. The van der Waals surface area contributed by atoms with Gasteiger partial charge in [0.25, 0.3) is 0 Å². The number of hydrogen-bond donors (Lipinski definition) is 0. The van der Waals surface area contributed by atoms with Crippen LogP contribution in [0.15, 0.2) is 30.3 Å². The Balaban J connectivity index is 2.08. The highest BCUT2D eigenvalue weighted by Crippen LogP contribution is 2.18. The normalized spacial score (nSPS) is 20.0. The van der Waals surface area contributed by atoms with Crippen molar-refractivity contribution in [2.24, 2.45) is 0 Å². The van der Waals surface area contributed by atoms with Crippen LogP contribution < -0.4 is 0 Å². The Bertz CT molecular complexity index is 664. The first-order chi connectivity index (χ1) is 10.9. The van der Waals surface area contributed by atoms with E-state index in [2.05, 4.69) is 0 Å². The largest absolute Gasteiger partial charge is 0.383 e. The molecule has 0 bridgehead atoms. The second kappa shape index (κ2) is 7.75. The van der Waals surface area contributed by atoms with Gasteiger partial charge in [0.05, 0.1) is 18.1 Å². The number of carbonyl (C=O) groups is 1. The first kappa shape index (κ1) is 17.7. The third kappa shape index (κ3) is 5.18. The molecule has 1 saturated heterocycles. The van der Waals surface area contributed by atoms with E-state index >= 15 is 0 Å². The van der Waals surface area contributed by atoms with Gasteiger partial charge in [-0.3, -0.25) is 4.79 Å². The number of amides is 1. The number of methoxy groups -OCH3 is 1. The predicted molar refractivity (Wildman–Crippen MR) is 90.9 cm³/mol. The molecule has 6 heteroatoms. The maximum Gasteiger partial charge on any atom is 0.246 e. The van der Waals surface area contributed by atoms with Gasteiger partial charge in [0.15, 0.2) is 9.84 Å². The smallest absolute Gasteiger partial charge is 0.246 e. The van der Waals surface area contributed by atoms with Crippen molar-refractivity contribution in [2.45, 2.75) is 19.4 Å². The van der Waals surface area contributed by atoms with Crippen LogP contribution in [0.5, 0.6) is 0 Å². The number of benzene rings is 1. The van der Waals surface area contributed by atoms with Gasteiger partial charge < -0.3 is 9.64 Å². The van der Waals surface area contributed by atoms with E-state index in [1.54, 1.807) is 18.1 Å². The van der Waals surface area contributed by atoms with Crippen LogP contribution in [0.1, 0.15) is 17.5 Å². The van der Waals surface area contributed by atoms with E-state index in [0.717, 1.165) is 11.1 Å². The van der Waals surface area contributed by atoms with Gasteiger partial charge in [0.2, 0.25) is 5.91 Å². The Morgan fingerprint density at radius 2 is 2.04 bits per heavy atom. The molecule has 2 rings (SSSR count). The molecule has 126 valence electrons. The van der Waals surface area contributed by atoms with Crippen molar-refractivity contribution < 1.29 is 17.9 Å². The first-order valence-electron chi connectivity index (χ1n) is 7.66. The van der Waals surface area contributed by atoms with E-state index in [1.165, 1.54) is 6.08 Å². The van der Waals surface area contributed by atoms with Crippen LogP contribution in [0, 0.1) is 6.92 Å². The lowest BCUT2D eigenvalue weighted by molar-refractivity contribution is -0.128. The van der Waals surface area contributed by atoms with E-state index in [1.807, 2.05) is 31.2 Å². The average molecular weight is 337 g/mol. The van der Waals surface area contributed by atoms with Crippen molar-refractivity contribution in [3.8, 4) is 0 Å². The first-order valence-corrected chi connectivity index (χ1v) is 9.48. The number of ether oxygens (including phenoxy) is 1. The maximum atomic E-state index is 12.5. The van der Waals surface area contributed by atoms with Crippen LogP contribution in [-0.4, -0.2) is 57.0 Å². The van der Waals surface area contributed by atoms with Crippen molar-refractivity contribution in [2.75, 3.05) is 31.8 Å². The fourth-order valence-electron chi connectivity index (χ4n) is 2.62. The molecule has 0 aromatic heterocycles. The summed E-state index contributed by atoms with van der Waals surface area (Å²) in [7, 11) is -1.46. The van der Waals surface area contributed by atoms with Crippen LogP contribution in [0.2, 0.25) is 0 Å². The summed E-state index contributed by atoms with van der Waals surface area (Å²) in [6.07, 6.45) is 3.76. The fraction of sp³-hybridized carbons (Fsp3) is 0.471. The molecule has 1 unspecified atom stereocenters. The highest BCUT2D eigenvalue weighted by Gasteiger charge is 2.33. The van der Waals surface area contributed by atoms with Crippen LogP contribution in [-0.2, 0) is 19.4 Å². The van der Waals surface area contributed by atoms with Gasteiger partial charge in [-0.05, 0) is 25.0 Å². The standard InChI is InChI=1S/C17H23NO4S/c1-14-3-5-15(6-4-14)7-8-17(19)18(10-11-22-2)16-9-12-23(20,21)13-16/h3-8,16H,9-13H2,1-2H3/b8-7+. The van der Waals surface area contributed by atoms with Gasteiger partial charge in [-0.15, -0.1) is 0 Å². The molecule has 1 aromatic rings. The number of hydrogen-bond acceptors (Lipinski definition) is 4. The minimum Gasteiger partial charge on any atom is -0.383 e. The third-order valence-corrected chi connectivity index (χ3v) is 5.71. The highest BCUT2D eigenvalue weighted by molar-refractivity contribution is 7.91. The van der Waals surface area contributed by atoms with Crippen LogP contribution >= 0.6 is 0 Å². The Hall–Kier alpha value is -1.66. The van der Waals surface area contributed by atoms with Crippen LogP contribution in [0.4, 0.5) is 0 Å². The second-order valence-electron chi connectivity index (χ2n) is 5.83. The average Bonchev–Trinajstić information content (AvgIpc) is 2.87. The molecular weight excluding hydrogens is 314 g/mol. The molecular formula is C17H23NO4S. The Morgan fingerprint density at radius 1 is 1.35 bits per heavy atom. The summed E-state index contributed by atoms with van der Waals surface area (Å²) < 4.78 is 28.4. The van der Waals surface area contributed by atoms with E-state index in [4.69, 9.17) is 4.74 Å². The highest BCUT2D eigenvalue weighted by atomic mass is 32.2. The van der Waals surface area contributed by atoms with E-state index in [0.29, 0.717) is 19.6 Å². The summed E-state index contributed by atoms with van der Waals surface area (Å²) in [5.74, 6) is 0.0152. The van der Waals surface area contributed by atoms with Crippen molar-refractivity contribution in [1.82, 2.24) is 4.90 Å². The molecule has 1 aromatic carbocycles. The van der Waals surface area contributed by atoms with Crippen molar-refractivity contribution in [3.63, 3.8) is 0 Å². The number of nitrogens with zero attached hydrogens (tertiary/aromatic N) is 1. The third-order valence-electron chi connectivity index (χ3n) is 3.96. The molecule has 23 heavy (non-hydrogen) atoms. The lowest BCUT2D eigenvalue weighted by Crippen LogP contribution is -2.42. The van der Waals surface area contributed by atoms with Crippen molar-refractivity contribution in [3.05, 3.63) is 41.5 Å². The monoisotopic (exact) mass is 337 g/mol. The zero-order chi connectivity index (χ0) is 16.9. The minimum absolute atomic E-state index is 0.0425. The van der Waals surface area contributed by atoms with Gasteiger partial charge in [-0.25, -0.2) is 8.42 Å². The molecule has 0 radical (unpaired) electrons. The number of aryl methyl sites for hydroxylation is 1.